The SMILES string of the molecule is CCOc1ccc(N2C(=O)C3CNNC3N=C2SCC(=O)N2CCCc3ccccc32)cc1. The first-order valence-electron chi connectivity index (χ1n) is 11.3. The van der Waals surface area contributed by atoms with Crippen molar-refractivity contribution in [3.8, 4) is 5.75 Å². The van der Waals surface area contributed by atoms with Gasteiger partial charge in [-0.25, -0.2) is 10.4 Å². The number of hydrogen-bond donors (Lipinski definition) is 2. The van der Waals surface area contributed by atoms with Crippen molar-refractivity contribution in [1.29, 1.82) is 0 Å². The fourth-order valence-electron chi connectivity index (χ4n) is 4.46. The lowest BCUT2D eigenvalue weighted by Gasteiger charge is -2.33. The molecule has 8 nitrogen and oxygen atoms in total. The summed E-state index contributed by atoms with van der Waals surface area (Å²) in [7, 11) is 0. The molecule has 2 aromatic carbocycles. The maximum atomic E-state index is 13.4. The summed E-state index contributed by atoms with van der Waals surface area (Å²) in [6.07, 6.45) is 1.61. The number of hydrazine groups is 1. The summed E-state index contributed by atoms with van der Waals surface area (Å²) >= 11 is 1.31. The van der Waals surface area contributed by atoms with Crippen LogP contribution in [0.15, 0.2) is 53.5 Å². The highest BCUT2D eigenvalue weighted by molar-refractivity contribution is 8.14. The molecule has 2 N–H and O–H groups in total. The molecule has 0 bridgehead atoms. The Bertz CT molecular complexity index is 1070. The molecule has 2 aromatic rings. The van der Waals surface area contributed by atoms with Crippen LogP contribution in [0.3, 0.4) is 0 Å². The van der Waals surface area contributed by atoms with Gasteiger partial charge in [0.2, 0.25) is 11.8 Å². The van der Waals surface area contributed by atoms with Gasteiger partial charge in [0, 0.05) is 18.8 Å². The predicted molar refractivity (Wildman–Crippen MR) is 131 cm³/mol. The van der Waals surface area contributed by atoms with E-state index in [1.807, 2.05) is 54.3 Å². The molecule has 0 saturated carbocycles. The Hall–Kier alpha value is -2.88. The molecular weight excluding hydrogens is 438 g/mol. The summed E-state index contributed by atoms with van der Waals surface area (Å²) < 4.78 is 5.54. The van der Waals surface area contributed by atoms with E-state index >= 15 is 0 Å². The average molecular weight is 466 g/mol. The zero-order chi connectivity index (χ0) is 22.8. The summed E-state index contributed by atoms with van der Waals surface area (Å²) in [4.78, 5) is 34.8. The number of ether oxygens (including phenoxy) is 1. The van der Waals surface area contributed by atoms with Crippen molar-refractivity contribution >= 4 is 40.1 Å². The van der Waals surface area contributed by atoms with Crippen LogP contribution in [0.4, 0.5) is 11.4 Å². The van der Waals surface area contributed by atoms with E-state index in [9.17, 15) is 9.59 Å². The summed E-state index contributed by atoms with van der Waals surface area (Å²) in [5.74, 6) is 0.658. The van der Waals surface area contributed by atoms with Crippen molar-refractivity contribution in [3.63, 3.8) is 0 Å². The highest BCUT2D eigenvalue weighted by atomic mass is 32.2. The molecule has 5 rings (SSSR count). The van der Waals surface area contributed by atoms with Gasteiger partial charge in [0.05, 0.1) is 24.0 Å². The number of aryl methyl sites for hydroxylation is 1. The molecule has 0 radical (unpaired) electrons. The number of amidine groups is 1. The van der Waals surface area contributed by atoms with Gasteiger partial charge in [0.1, 0.15) is 11.9 Å². The third-order valence-electron chi connectivity index (χ3n) is 6.07. The molecule has 3 aliphatic rings. The van der Waals surface area contributed by atoms with Gasteiger partial charge in [-0.1, -0.05) is 30.0 Å². The van der Waals surface area contributed by atoms with Crippen molar-refractivity contribution in [2.75, 3.05) is 35.2 Å². The fraction of sp³-hybridized carbons (Fsp3) is 0.375. The van der Waals surface area contributed by atoms with Crippen molar-refractivity contribution in [1.82, 2.24) is 10.9 Å². The second kappa shape index (κ2) is 9.54. The number of hydrogen-bond acceptors (Lipinski definition) is 7. The van der Waals surface area contributed by atoms with Crippen LogP contribution in [0.25, 0.3) is 0 Å². The van der Waals surface area contributed by atoms with Gasteiger partial charge in [-0.3, -0.25) is 19.9 Å². The number of nitrogens with one attached hydrogen (secondary N) is 2. The summed E-state index contributed by atoms with van der Waals surface area (Å²) in [5.41, 5.74) is 9.01. The first-order chi connectivity index (χ1) is 16.2. The molecule has 2 atom stereocenters. The predicted octanol–water partition coefficient (Wildman–Crippen LogP) is 2.55. The lowest BCUT2D eigenvalue weighted by atomic mass is 10.0. The van der Waals surface area contributed by atoms with Crippen LogP contribution in [-0.4, -0.2) is 48.6 Å². The molecule has 9 heteroatoms. The quantitative estimate of drug-likeness (QED) is 0.706. The molecule has 3 aliphatic heterocycles. The lowest BCUT2D eigenvalue weighted by Crippen LogP contribution is -2.49. The minimum atomic E-state index is -0.329. The largest absolute Gasteiger partial charge is 0.494 e. The third kappa shape index (κ3) is 4.36. The van der Waals surface area contributed by atoms with Crippen molar-refractivity contribution < 1.29 is 14.3 Å². The van der Waals surface area contributed by atoms with Crippen LogP contribution in [0.2, 0.25) is 0 Å². The Morgan fingerprint density at radius 1 is 1.21 bits per heavy atom. The van der Waals surface area contributed by atoms with Crippen LogP contribution >= 0.6 is 11.8 Å². The number of aliphatic imine (C=N–C) groups is 1. The molecule has 2 amide bonds. The number of benzene rings is 2. The Morgan fingerprint density at radius 2 is 2.03 bits per heavy atom. The average Bonchev–Trinajstić information content (AvgIpc) is 3.32. The zero-order valence-electron chi connectivity index (χ0n) is 18.5. The van der Waals surface area contributed by atoms with Crippen LogP contribution < -0.4 is 25.4 Å². The smallest absolute Gasteiger partial charge is 0.241 e. The molecule has 1 fully saturated rings. The van der Waals surface area contributed by atoms with E-state index in [-0.39, 0.29) is 29.7 Å². The Balaban J connectivity index is 1.37. The summed E-state index contributed by atoms with van der Waals surface area (Å²) in [5, 5.41) is 0.528. The standard InChI is InChI=1S/C24H27N5O3S/c1-2-32-18-11-9-17(10-12-18)29-23(31)19-14-25-27-22(19)26-24(29)33-15-21(30)28-13-5-7-16-6-3-4-8-20(16)28/h3-4,6,8-12,19,22,25,27H,2,5,7,13-15H2,1H3. The maximum absolute atomic E-state index is 13.4. The summed E-state index contributed by atoms with van der Waals surface area (Å²) in [6, 6.07) is 15.5. The number of nitrogens with zero attached hydrogens (tertiary/aromatic N) is 3. The molecule has 33 heavy (non-hydrogen) atoms. The molecule has 2 unspecified atom stereocenters. The van der Waals surface area contributed by atoms with Crippen molar-refractivity contribution in [2.24, 2.45) is 10.9 Å². The topological polar surface area (TPSA) is 86.3 Å². The lowest BCUT2D eigenvalue weighted by molar-refractivity contribution is -0.121. The minimum Gasteiger partial charge on any atom is -0.494 e. The normalized spacial score (nSPS) is 22.0. The van der Waals surface area contributed by atoms with Gasteiger partial charge in [-0.05, 0) is 55.7 Å². The van der Waals surface area contributed by atoms with E-state index in [2.05, 4.69) is 16.9 Å². The molecule has 3 heterocycles. The Labute approximate surface area is 197 Å². The van der Waals surface area contributed by atoms with Gasteiger partial charge in [0.15, 0.2) is 5.17 Å². The number of anilines is 2. The van der Waals surface area contributed by atoms with Crippen LogP contribution in [0.5, 0.6) is 5.75 Å². The van der Waals surface area contributed by atoms with Gasteiger partial charge >= 0.3 is 0 Å². The van der Waals surface area contributed by atoms with Crippen LogP contribution in [0, 0.1) is 5.92 Å². The van der Waals surface area contributed by atoms with E-state index in [4.69, 9.17) is 9.73 Å². The second-order valence-electron chi connectivity index (χ2n) is 8.16. The van der Waals surface area contributed by atoms with E-state index in [0.717, 1.165) is 30.0 Å². The first-order valence-corrected chi connectivity index (χ1v) is 12.3. The third-order valence-corrected chi connectivity index (χ3v) is 7.01. The Morgan fingerprint density at radius 3 is 2.85 bits per heavy atom. The maximum Gasteiger partial charge on any atom is 0.241 e. The highest BCUT2D eigenvalue weighted by Gasteiger charge is 2.42. The zero-order valence-corrected chi connectivity index (χ0v) is 19.3. The van der Waals surface area contributed by atoms with Gasteiger partial charge in [-0.15, -0.1) is 0 Å². The number of thioether (sulfide) groups is 1. The van der Waals surface area contributed by atoms with Crippen LogP contribution in [-0.2, 0) is 16.0 Å². The van der Waals surface area contributed by atoms with Crippen molar-refractivity contribution in [2.45, 2.75) is 25.9 Å². The number of fused-ring (bicyclic) bond motifs is 2. The molecule has 1 saturated heterocycles. The highest BCUT2D eigenvalue weighted by Crippen LogP contribution is 2.32. The van der Waals surface area contributed by atoms with Gasteiger partial charge in [0.25, 0.3) is 0 Å². The van der Waals surface area contributed by atoms with E-state index < -0.39 is 0 Å². The second-order valence-corrected chi connectivity index (χ2v) is 9.10. The minimum absolute atomic E-state index is 0.0218. The van der Waals surface area contributed by atoms with Gasteiger partial charge in [-0.2, -0.15) is 0 Å². The molecular formula is C24H27N5O3S. The molecule has 0 aliphatic carbocycles. The first kappa shape index (κ1) is 21.9. The molecule has 172 valence electrons. The van der Waals surface area contributed by atoms with E-state index in [1.165, 1.54) is 17.3 Å². The van der Waals surface area contributed by atoms with E-state index in [1.54, 1.807) is 4.90 Å². The van der Waals surface area contributed by atoms with Crippen LogP contribution in [0.1, 0.15) is 18.9 Å². The summed E-state index contributed by atoms with van der Waals surface area (Å²) in [6.45, 7) is 3.73. The van der Waals surface area contributed by atoms with E-state index in [0.29, 0.717) is 24.9 Å². The Kier molecular flexibility index (Phi) is 6.34. The monoisotopic (exact) mass is 465 g/mol. The number of carbonyl (C=O) groups excluding carboxylic acids is 2. The number of para-hydroxylation sites is 1. The van der Waals surface area contributed by atoms with Crippen molar-refractivity contribution in [3.05, 3.63) is 54.1 Å². The number of amides is 2. The molecule has 0 spiro atoms. The molecule has 0 aromatic heterocycles. The fourth-order valence-corrected chi connectivity index (χ4v) is 5.38. The number of rotatable bonds is 5. The van der Waals surface area contributed by atoms with Gasteiger partial charge < -0.3 is 9.64 Å². The number of carbonyl (C=O) groups is 2.